The highest BCUT2D eigenvalue weighted by Crippen LogP contribution is 2.40. The molecule has 20 heavy (non-hydrogen) atoms. The largest absolute Gasteiger partial charge is 0.375 e. The summed E-state index contributed by atoms with van der Waals surface area (Å²) in [5, 5.41) is 0. The molecule has 1 spiro atoms. The molecule has 0 amide bonds. The van der Waals surface area contributed by atoms with Gasteiger partial charge in [-0.05, 0) is 43.3 Å². The van der Waals surface area contributed by atoms with E-state index in [0.717, 1.165) is 37.0 Å². The Morgan fingerprint density at radius 3 is 3.00 bits per heavy atom. The molecule has 3 nitrogen and oxygen atoms in total. The van der Waals surface area contributed by atoms with Gasteiger partial charge < -0.3 is 4.74 Å². The minimum Gasteiger partial charge on any atom is -0.375 e. The highest BCUT2D eigenvalue weighted by Gasteiger charge is 2.41. The molecular formula is C15H18FNO2S. The maximum Gasteiger partial charge on any atom is 0.169 e. The average Bonchev–Trinajstić information content (AvgIpc) is 2.48. The van der Waals surface area contributed by atoms with Crippen molar-refractivity contribution in [1.29, 1.82) is 0 Å². The fourth-order valence-electron chi connectivity index (χ4n) is 3.14. The quantitative estimate of drug-likeness (QED) is 0.786. The van der Waals surface area contributed by atoms with Crippen molar-refractivity contribution in [2.45, 2.75) is 31.3 Å². The summed E-state index contributed by atoms with van der Waals surface area (Å²) in [6.45, 7) is 0.605. The van der Waals surface area contributed by atoms with Gasteiger partial charge in [0.15, 0.2) is 11.6 Å². The molecule has 1 unspecified atom stereocenters. The van der Waals surface area contributed by atoms with Crippen molar-refractivity contribution in [3.8, 4) is 0 Å². The van der Waals surface area contributed by atoms with E-state index in [4.69, 9.17) is 4.74 Å². The minimum absolute atomic E-state index is 0.0919. The van der Waals surface area contributed by atoms with Gasteiger partial charge in [-0.15, -0.1) is 0 Å². The van der Waals surface area contributed by atoms with Crippen LogP contribution in [0.1, 0.15) is 36.0 Å². The number of carbonyl (C=O) groups is 1. The van der Waals surface area contributed by atoms with Gasteiger partial charge in [0.05, 0.1) is 17.4 Å². The Balaban J connectivity index is 1.77. The van der Waals surface area contributed by atoms with Crippen LogP contribution in [0, 0.1) is 11.7 Å². The van der Waals surface area contributed by atoms with Gasteiger partial charge in [-0.1, -0.05) is 0 Å². The van der Waals surface area contributed by atoms with Crippen molar-refractivity contribution in [2.75, 3.05) is 18.1 Å². The predicted octanol–water partition coefficient (Wildman–Crippen LogP) is 3.10. The molecule has 0 N–H and O–H groups in total. The number of halogens is 1. The second-order valence-electron chi connectivity index (χ2n) is 5.55. The first-order chi connectivity index (χ1) is 9.70. The zero-order valence-corrected chi connectivity index (χ0v) is 12.1. The third kappa shape index (κ3) is 2.74. The smallest absolute Gasteiger partial charge is 0.169 e. The summed E-state index contributed by atoms with van der Waals surface area (Å²) in [4.78, 5) is 16.2. The van der Waals surface area contributed by atoms with Gasteiger partial charge in [-0.25, -0.2) is 4.39 Å². The van der Waals surface area contributed by atoms with Gasteiger partial charge in [0.1, 0.15) is 0 Å². The number of rotatable bonds is 2. The number of thioether (sulfide) groups is 1. The number of carbonyl (C=O) groups excluding carboxylic acids is 1. The Bertz CT molecular complexity index is 497. The van der Waals surface area contributed by atoms with Crippen molar-refractivity contribution in [1.82, 2.24) is 4.98 Å². The Kier molecular flexibility index (Phi) is 4.08. The zero-order chi connectivity index (χ0) is 14.0. The fourth-order valence-corrected chi connectivity index (χ4v) is 4.38. The maximum absolute atomic E-state index is 13.7. The van der Waals surface area contributed by atoms with Crippen LogP contribution >= 0.6 is 11.8 Å². The van der Waals surface area contributed by atoms with Crippen LogP contribution in [0.2, 0.25) is 0 Å². The van der Waals surface area contributed by atoms with Gasteiger partial charge in [-0.2, -0.15) is 11.8 Å². The van der Waals surface area contributed by atoms with Gasteiger partial charge in [0, 0.05) is 18.7 Å². The standard InChI is InChI=1S/C15H18FNO2S/c16-13-10-17-5-1-12(13)14(18)11-2-6-19-15(9-11)3-7-20-8-4-15/h1,5,10-11H,2-4,6-9H2. The van der Waals surface area contributed by atoms with Gasteiger partial charge in [-0.3, -0.25) is 9.78 Å². The first-order valence-electron chi connectivity index (χ1n) is 7.06. The van der Waals surface area contributed by atoms with Gasteiger partial charge in [0.25, 0.3) is 0 Å². The molecule has 108 valence electrons. The molecule has 0 aromatic carbocycles. The molecule has 1 aromatic rings. The first-order valence-corrected chi connectivity index (χ1v) is 8.21. The highest BCUT2D eigenvalue weighted by atomic mass is 32.2. The van der Waals surface area contributed by atoms with Crippen LogP contribution in [0.3, 0.4) is 0 Å². The molecule has 2 aliphatic rings. The Morgan fingerprint density at radius 1 is 1.45 bits per heavy atom. The summed E-state index contributed by atoms with van der Waals surface area (Å²) in [6, 6.07) is 1.48. The number of nitrogens with zero attached hydrogens (tertiary/aromatic N) is 1. The van der Waals surface area contributed by atoms with E-state index in [1.807, 2.05) is 11.8 Å². The predicted molar refractivity (Wildman–Crippen MR) is 76.5 cm³/mol. The SMILES string of the molecule is O=C(c1ccncc1F)C1CCOC2(CCSCC2)C1. The van der Waals surface area contributed by atoms with Crippen LogP contribution in [-0.2, 0) is 4.74 Å². The third-order valence-electron chi connectivity index (χ3n) is 4.31. The zero-order valence-electron chi connectivity index (χ0n) is 11.3. The topological polar surface area (TPSA) is 39.2 Å². The summed E-state index contributed by atoms with van der Waals surface area (Å²) in [5.41, 5.74) is 0.0279. The van der Waals surface area contributed by atoms with E-state index in [2.05, 4.69) is 4.98 Å². The van der Waals surface area contributed by atoms with Gasteiger partial charge >= 0.3 is 0 Å². The molecule has 1 atom stereocenters. The molecule has 1 aromatic heterocycles. The van der Waals surface area contributed by atoms with Crippen LogP contribution in [0.4, 0.5) is 4.39 Å². The number of pyridine rings is 1. The molecule has 2 aliphatic heterocycles. The number of hydrogen-bond acceptors (Lipinski definition) is 4. The molecular weight excluding hydrogens is 277 g/mol. The molecule has 2 fully saturated rings. The molecule has 0 bridgehead atoms. The van der Waals surface area contributed by atoms with Crippen LogP contribution in [-0.4, -0.2) is 34.5 Å². The monoisotopic (exact) mass is 295 g/mol. The van der Waals surface area contributed by atoms with Crippen LogP contribution < -0.4 is 0 Å². The second-order valence-corrected chi connectivity index (χ2v) is 6.78. The molecule has 2 saturated heterocycles. The first kappa shape index (κ1) is 14.0. The fraction of sp³-hybridized carbons (Fsp3) is 0.600. The van der Waals surface area contributed by atoms with E-state index < -0.39 is 5.82 Å². The average molecular weight is 295 g/mol. The summed E-state index contributed by atoms with van der Waals surface area (Å²) in [5.74, 6) is 1.45. The highest BCUT2D eigenvalue weighted by molar-refractivity contribution is 7.99. The molecule has 3 heterocycles. The molecule has 0 saturated carbocycles. The van der Waals surface area contributed by atoms with E-state index in [9.17, 15) is 9.18 Å². The number of Topliss-reactive ketones (excluding diaryl/α,β-unsaturated/α-hetero) is 1. The summed E-state index contributed by atoms with van der Waals surface area (Å²) in [6.07, 6.45) is 6.01. The lowest BCUT2D eigenvalue weighted by Crippen LogP contribution is -2.44. The van der Waals surface area contributed by atoms with Crippen molar-refractivity contribution >= 4 is 17.5 Å². The molecule has 3 rings (SSSR count). The molecule has 5 heteroatoms. The molecule has 0 aliphatic carbocycles. The van der Waals surface area contributed by atoms with E-state index in [1.54, 1.807) is 0 Å². The Hall–Kier alpha value is -0.940. The number of aromatic nitrogens is 1. The lowest BCUT2D eigenvalue weighted by atomic mass is 9.79. The minimum atomic E-state index is -0.516. The van der Waals surface area contributed by atoms with Crippen molar-refractivity contribution in [3.63, 3.8) is 0 Å². The second kappa shape index (κ2) is 5.82. The summed E-state index contributed by atoms with van der Waals surface area (Å²) >= 11 is 1.94. The van der Waals surface area contributed by atoms with Crippen molar-refractivity contribution in [2.24, 2.45) is 5.92 Å². The van der Waals surface area contributed by atoms with Crippen LogP contribution in [0.25, 0.3) is 0 Å². The summed E-state index contributed by atoms with van der Waals surface area (Å²) in [7, 11) is 0. The lowest BCUT2D eigenvalue weighted by Gasteiger charge is -2.42. The van der Waals surface area contributed by atoms with E-state index in [0.29, 0.717) is 13.0 Å². The normalized spacial score (nSPS) is 25.6. The molecule has 0 radical (unpaired) electrons. The Labute approximate surface area is 122 Å². The van der Waals surface area contributed by atoms with E-state index in [-0.39, 0.29) is 22.9 Å². The van der Waals surface area contributed by atoms with Crippen molar-refractivity contribution in [3.05, 3.63) is 29.8 Å². The maximum atomic E-state index is 13.7. The Morgan fingerprint density at radius 2 is 2.25 bits per heavy atom. The lowest BCUT2D eigenvalue weighted by molar-refractivity contribution is -0.0960. The van der Waals surface area contributed by atoms with Crippen LogP contribution in [0.5, 0.6) is 0 Å². The van der Waals surface area contributed by atoms with E-state index >= 15 is 0 Å². The van der Waals surface area contributed by atoms with E-state index in [1.165, 1.54) is 12.3 Å². The number of ketones is 1. The van der Waals surface area contributed by atoms with Gasteiger partial charge in [0.2, 0.25) is 0 Å². The summed E-state index contributed by atoms with van der Waals surface area (Å²) < 4.78 is 19.7. The number of ether oxygens (including phenoxy) is 1. The van der Waals surface area contributed by atoms with Crippen LogP contribution in [0.15, 0.2) is 18.5 Å². The number of hydrogen-bond donors (Lipinski definition) is 0. The van der Waals surface area contributed by atoms with Crippen molar-refractivity contribution < 1.29 is 13.9 Å². The third-order valence-corrected chi connectivity index (χ3v) is 5.29.